The van der Waals surface area contributed by atoms with Crippen molar-refractivity contribution >= 4 is 5.78 Å². The van der Waals surface area contributed by atoms with E-state index in [2.05, 4.69) is 0 Å². The van der Waals surface area contributed by atoms with E-state index in [1.807, 2.05) is 18.2 Å². The topological polar surface area (TPSA) is 26.3 Å². The highest BCUT2D eigenvalue weighted by molar-refractivity contribution is 5.97. The molecule has 0 saturated carbocycles. The molecule has 1 aliphatic rings. The van der Waals surface area contributed by atoms with Crippen LogP contribution >= 0.6 is 0 Å². The Morgan fingerprint density at radius 1 is 1.05 bits per heavy atom. The van der Waals surface area contributed by atoms with Crippen molar-refractivity contribution in [2.24, 2.45) is 0 Å². The molecule has 0 amide bonds. The third-order valence-corrected chi connectivity index (χ3v) is 3.60. The maximum absolute atomic E-state index is 12.8. The van der Waals surface area contributed by atoms with Gasteiger partial charge in [0.1, 0.15) is 11.6 Å². The summed E-state index contributed by atoms with van der Waals surface area (Å²) in [6.45, 7) is -0.0234. The highest BCUT2D eigenvalue weighted by atomic mass is 19.1. The monoisotopic (exact) mass is 270 g/mol. The lowest BCUT2D eigenvalue weighted by atomic mass is 10.0. The molecule has 0 atom stereocenters. The highest BCUT2D eigenvalue weighted by Crippen LogP contribution is 2.23. The molecule has 0 aliphatic heterocycles. The molecule has 1 aliphatic carbocycles. The van der Waals surface area contributed by atoms with E-state index in [1.54, 1.807) is 0 Å². The number of Topliss-reactive ketones (excluding diaryl/α,β-unsaturated/α-hetero) is 1. The Bertz CT molecular complexity index is 632. The molecule has 0 saturated heterocycles. The second-order valence-electron chi connectivity index (χ2n) is 5.00. The van der Waals surface area contributed by atoms with Crippen molar-refractivity contribution in [2.45, 2.75) is 19.3 Å². The quantitative estimate of drug-likeness (QED) is 0.794. The number of aryl methyl sites for hydroxylation is 2. The van der Waals surface area contributed by atoms with Gasteiger partial charge in [0.2, 0.25) is 0 Å². The van der Waals surface area contributed by atoms with E-state index in [9.17, 15) is 9.18 Å². The molecule has 2 aromatic rings. The van der Waals surface area contributed by atoms with Gasteiger partial charge in [0.25, 0.3) is 0 Å². The van der Waals surface area contributed by atoms with E-state index in [0.29, 0.717) is 11.3 Å². The number of hydrogen-bond donors (Lipinski definition) is 0. The van der Waals surface area contributed by atoms with Crippen molar-refractivity contribution in [3.8, 4) is 5.75 Å². The number of hydrogen-bond acceptors (Lipinski definition) is 2. The van der Waals surface area contributed by atoms with Crippen LogP contribution in [0.1, 0.15) is 27.9 Å². The molecule has 102 valence electrons. The number of carbonyl (C=O) groups excluding carboxylic acids is 1. The molecule has 0 heterocycles. The molecule has 0 spiro atoms. The standard InChI is InChI=1S/C17H15FO2/c18-15-6-8-16(9-7-15)20-11-17(19)14-5-4-12-2-1-3-13(12)10-14/h4-10H,1-3,11H2. The molecule has 0 N–H and O–H groups in total. The smallest absolute Gasteiger partial charge is 0.200 e. The summed E-state index contributed by atoms with van der Waals surface area (Å²) in [5, 5.41) is 0. The normalized spacial score (nSPS) is 13.1. The fourth-order valence-corrected chi connectivity index (χ4v) is 2.51. The van der Waals surface area contributed by atoms with Gasteiger partial charge in [-0.15, -0.1) is 0 Å². The second kappa shape index (κ2) is 5.45. The minimum absolute atomic E-state index is 0.0234. The van der Waals surface area contributed by atoms with Crippen LogP contribution in [0.15, 0.2) is 42.5 Å². The Kier molecular flexibility index (Phi) is 3.50. The summed E-state index contributed by atoms with van der Waals surface area (Å²) in [5.41, 5.74) is 3.31. The Morgan fingerprint density at radius 2 is 1.80 bits per heavy atom. The maximum Gasteiger partial charge on any atom is 0.200 e. The first kappa shape index (κ1) is 12.9. The first-order valence-corrected chi connectivity index (χ1v) is 6.76. The van der Waals surface area contributed by atoms with Crippen molar-refractivity contribution in [1.29, 1.82) is 0 Å². The summed E-state index contributed by atoms with van der Waals surface area (Å²) in [6.07, 6.45) is 3.32. The summed E-state index contributed by atoms with van der Waals surface area (Å²) < 4.78 is 18.1. The zero-order chi connectivity index (χ0) is 13.9. The molecule has 0 aromatic heterocycles. The predicted octanol–water partition coefficient (Wildman–Crippen LogP) is 3.58. The SMILES string of the molecule is O=C(COc1ccc(F)cc1)c1ccc2c(c1)CCC2. The lowest BCUT2D eigenvalue weighted by molar-refractivity contribution is 0.0921. The number of benzene rings is 2. The molecule has 2 nitrogen and oxygen atoms in total. The van der Waals surface area contributed by atoms with Crippen molar-refractivity contribution in [3.63, 3.8) is 0 Å². The van der Waals surface area contributed by atoms with E-state index in [0.717, 1.165) is 12.8 Å². The number of fused-ring (bicyclic) bond motifs is 1. The predicted molar refractivity (Wildman–Crippen MR) is 74.7 cm³/mol. The lowest BCUT2D eigenvalue weighted by Gasteiger charge is -2.07. The van der Waals surface area contributed by atoms with Gasteiger partial charge in [-0.2, -0.15) is 0 Å². The molecular formula is C17H15FO2. The van der Waals surface area contributed by atoms with Crippen LogP contribution < -0.4 is 4.74 Å². The first-order valence-electron chi connectivity index (χ1n) is 6.76. The molecular weight excluding hydrogens is 255 g/mol. The van der Waals surface area contributed by atoms with E-state index < -0.39 is 0 Å². The Hall–Kier alpha value is -2.16. The van der Waals surface area contributed by atoms with Crippen LogP contribution in [0.3, 0.4) is 0 Å². The van der Waals surface area contributed by atoms with Crippen LogP contribution in [0.2, 0.25) is 0 Å². The van der Waals surface area contributed by atoms with E-state index in [1.165, 1.54) is 41.8 Å². The van der Waals surface area contributed by atoms with E-state index >= 15 is 0 Å². The van der Waals surface area contributed by atoms with E-state index in [4.69, 9.17) is 4.74 Å². The van der Waals surface area contributed by atoms with Gasteiger partial charge in [0.05, 0.1) is 0 Å². The molecule has 0 radical (unpaired) electrons. The minimum atomic E-state index is -0.317. The number of halogens is 1. The summed E-state index contributed by atoms with van der Waals surface area (Å²) in [7, 11) is 0. The summed E-state index contributed by atoms with van der Waals surface area (Å²) >= 11 is 0. The largest absolute Gasteiger partial charge is 0.485 e. The minimum Gasteiger partial charge on any atom is -0.485 e. The van der Waals surface area contributed by atoms with Crippen LogP contribution in [0.4, 0.5) is 4.39 Å². The third kappa shape index (κ3) is 2.72. The maximum atomic E-state index is 12.8. The first-order chi connectivity index (χ1) is 9.72. The molecule has 20 heavy (non-hydrogen) atoms. The fraction of sp³-hybridized carbons (Fsp3) is 0.235. The van der Waals surface area contributed by atoms with Gasteiger partial charge in [-0.1, -0.05) is 12.1 Å². The Balaban J connectivity index is 1.66. The molecule has 0 fully saturated rings. The van der Waals surface area contributed by atoms with Gasteiger partial charge in [0.15, 0.2) is 12.4 Å². The third-order valence-electron chi connectivity index (χ3n) is 3.60. The van der Waals surface area contributed by atoms with Crippen LogP contribution in [-0.4, -0.2) is 12.4 Å². The Labute approximate surface area is 117 Å². The highest BCUT2D eigenvalue weighted by Gasteiger charge is 2.14. The zero-order valence-electron chi connectivity index (χ0n) is 11.1. The molecule has 0 unspecified atom stereocenters. The fourth-order valence-electron chi connectivity index (χ4n) is 2.51. The average Bonchev–Trinajstić information content (AvgIpc) is 2.93. The number of ether oxygens (including phenoxy) is 1. The molecule has 0 bridgehead atoms. The van der Waals surface area contributed by atoms with Gasteiger partial charge < -0.3 is 4.74 Å². The van der Waals surface area contributed by atoms with Gasteiger partial charge in [-0.05, 0) is 60.7 Å². The molecule has 2 aromatic carbocycles. The number of carbonyl (C=O) groups is 1. The second-order valence-corrected chi connectivity index (χ2v) is 5.00. The molecule has 3 heteroatoms. The van der Waals surface area contributed by atoms with Gasteiger partial charge in [-0.3, -0.25) is 4.79 Å². The summed E-state index contributed by atoms with van der Waals surface area (Å²) in [4.78, 5) is 12.1. The van der Waals surface area contributed by atoms with Gasteiger partial charge >= 0.3 is 0 Å². The average molecular weight is 270 g/mol. The van der Waals surface area contributed by atoms with Gasteiger partial charge in [-0.25, -0.2) is 4.39 Å². The van der Waals surface area contributed by atoms with Crippen molar-refractivity contribution in [1.82, 2.24) is 0 Å². The van der Waals surface area contributed by atoms with Crippen LogP contribution in [0.5, 0.6) is 5.75 Å². The van der Waals surface area contributed by atoms with Crippen molar-refractivity contribution < 1.29 is 13.9 Å². The van der Waals surface area contributed by atoms with Crippen LogP contribution in [0.25, 0.3) is 0 Å². The van der Waals surface area contributed by atoms with Crippen LogP contribution in [-0.2, 0) is 12.8 Å². The van der Waals surface area contributed by atoms with Crippen molar-refractivity contribution in [2.75, 3.05) is 6.61 Å². The number of rotatable bonds is 4. The molecule has 3 rings (SSSR count). The van der Waals surface area contributed by atoms with Crippen molar-refractivity contribution in [3.05, 3.63) is 65.0 Å². The zero-order valence-corrected chi connectivity index (χ0v) is 11.1. The number of ketones is 1. The van der Waals surface area contributed by atoms with E-state index in [-0.39, 0.29) is 18.2 Å². The Morgan fingerprint density at radius 3 is 2.60 bits per heavy atom. The van der Waals surface area contributed by atoms with Gasteiger partial charge in [0, 0.05) is 5.56 Å². The van der Waals surface area contributed by atoms with Crippen LogP contribution in [0, 0.1) is 5.82 Å². The summed E-state index contributed by atoms with van der Waals surface area (Å²) in [6, 6.07) is 11.5. The lowest BCUT2D eigenvalue weighted by Crippen LogP contribution is -2.12. The summed E-state index contributed by atoms with van der Waals surface area (Å²) in [5.74, 6) is 0.132.